The predicted octanol–water partition coefficient (Wildman–Crippen LogP) is 2.58. The molecule has 1 fully saturated rings. The van der Waals surface area contributed by atoms with Crippen molar-refractivity contribution in [1.29, 1.82) is 0 Å². The summed E-state index contributed by atoms with van der Waals surface area (Å²) in [5.74, 6) is 0.203. The molecule has 0 radical (unpaired) electrons. The number of pyridine rings is 1. The van der Waals surface area contributed by atoms with E-state index in [9.17, 15) is 4.39 Å². The topological polar surface area (TPSA) is 37.4 Å². The molecule has 0 amide bonds. The third kappa shape index (κ3) is 4.14. The Kier molecular flexibility index (Phi) is 6.19. The number of piperidine rings is 1. The average molecular weight is 346 g/mol. The Balaban J connectivity index is 2.02. The fraction of sp³-hybridized carbons (Fsp3) is 0.643. The van der Waals surface area contributed by atoms with Gasteiger partial charge in [0.1, 0.15) is 0 Å². The number of hydrogen-bond acceptors (Lipinski definition) is 4. The minimum atomic E-state index is -0.261. The molecule has 0 bridgehead atoms. The van der Waals surface area contributed by atoms with Gasteiger partial charge in [0, 0.05) is 43.5 Å². The molecule has 112 valence electrons. The average Bonchev–Trinajstić information content (AvgIpc) is 2.44. The lowest BCUT2D eigenvalue weighted by atomic mass is 10.0. The molecule has 1 aromatic heterocycles. The lowest BCUT2D eigenvalue weighted by Crippen LogP contribution is -2.46. The van der Waals surface area contributed by atoms with Crippen LogP contribution in [0.1, 0.15) is 19.3 Å². The minimum absolute atomic E-state index is 0.261. The van der Waals surface area contributed by atoms with Crippen molar-refractivity contribution in [2.75, 3.05) is 38.3 Å². The quantitative estimate of drug-likeness (QED) is 0.804. The molecule has 0 spiro atoms. The summed E-state index contributed by atoms with van der Waals surface area (Å²) in [6, 6.07) is 1.77. The van der Waals surface area contributed by atoms with Crippen molar-refractivity contribution in [3.63, 3.8) is 0 Å². The molecule has 4 nitrogen and oxygen atoms in total. The van der Waals surface area contributed by atoms with Gasteiger partial charge in [-0.25, -0.2) is 9.37 Å². The van der Waals surface area contributed by atoms with Gasteiger partial charge in [-0.3, -0.25) is 0 Å². The summed E-state index contributed by atoms with van der Waals surface area (Å²) in [5, 5.41) is 3.36. The molecule has 2 heterocycles. The van der Waals surface area contributed by atoms with Gasteiger partial charge in [0.15, 0.2) is 11.6 Å². The predicted molar refractivity (Wildman–Crippen MR) is 81.6 cm³/mol. The zero-order valence-corrected chi connectivity index (χ0v) is 13.3. The van der Waals surface area contributed by atoms with Gasteiger partial charge in [-0.15, -0.1) is 0 Å². The highest BCUT2D eigenvalue weighted by atomic mass is 79.9. The summed E-state index contributed by atoms with van der Waals surface area (Å²) in [7, 11) is 1.69. The second-order valence-electron chi connectivity index (χ2n) is 5.00. The molecule has 1 aliphatic rings. The summed E-state index contributed by atoms with van der Waals surface area (Å²) < 4.78 is 19.8. The number of anilines is 1. The van der Waals surface area contributed by atoms with Crippen LogP contribution < -0.4 is 10.2 Å². The van der Waals surface area contributed by atoms with Crippen LogP contribution in [0.4, 0.5) is 10.2 Å². The van der Waals surface area contributed by atoms with Gasteiger partial charge >= 0.3 is 0 Å². The molecule has 1 saturated heterocycles. The van der Waals surface area contributed by atoms with Crippen LogP contribution in [0.25, 0.3) is 0 Å². The molecular weight excluding hydrogens is 325 g/mol. The van der Waals surface area contributed by atoms with Crippen LogP contribution in [0.2, 0.25) is 0 Å². The van der Waals surface area contributed by atoms with Crippen LogP contribution in [0.15, 0.2) is 16.7 Å². The Morgan fingerprint density at radius 3 is 3.15 bits per heavy atom. The highest BCUT2D eigenvalue weighted by Gasteiger charge is 2.25. The molecule has 1 atom stereocenters. The van der Waals surface area contributed by atoms with Crippen molar-refractivity contribution in [3.05, 3.63) is 22.6 Å². The summed E-state index contributed by atoms with van der Waals surface area (Å²) in [6.07, 6.45) is 5.00. The van der Waals surface area contributed by atoms with Crippen LogP contribution >= 0.6 is 15.9 Å². The lowest BCUT2D eigenvalue weighted by molar-refractivity contribution is 0.198. The normalized spacial score (nSPS) is 19.4. The number of nitrogens with zero attached hydrogens (tertiary/aromatic N) is 2. The van der Waals surface area contributed by atoms with E-state index in [2.05, 4.69) is 31.1 Å². The molecule has 1 aliphatic heterocycles. The van der Waals surface area contributed by atoms with Crippen LogP contribution in [-0.4, -0.2) is 44.4 Å². The highest BCUT2D eigenvalue weighted by molar-refractivity contribution is 9.10. The number of hydrogen-bond donors (Lipinski definition) is 1. The van der Waals surface area contributed by atoms with Crippen LogP contribution in [0, 0.1) is 5.82 Å². The van der Waals surface area contributed by atoms with Crippen molar-refractivity contribution in [2.45, 2.75) is 25.3 Å². The summed E-state index contributed by atoms with van der Waals surface area (Å²) in [6.45, 7) is 3.21. The van der Waals surface area contributed by atoms with Gasteiger partial charge in [-0.05, 0) is 41.3 Å². The fourth-order valence-corrected chi connectivity index (χ4v) is 2.86. The third-order valence-corrected chi connectivity index (χ3v) is 3.98. The van der Waals surface area contributed by atoms with E-state index in [0.29, 0.717) is 22.9 Å². The maximum atomic E-state index is 14.1. The number of ether oxygens (including phenoxy) is 1. The number of methoxy groups -OCH3 is 1. The molecule has 1 aromatic rings. The standard InChI is InChI=1S/C14H21BrFN3O/c1-20-7-5-17-10-12-4-2-3-6-19(12)14-13(16)8-11(15)9-18-14/h8-9,12,17H,2-7,10H2,1H3. The van der Waals surface area contributed by atoms with Gasteiger partial charge in [-0.2, -0.15) is 0 Å². The van der Waals surface area contributed by atoms with Crippen molar-refractivity contribution >= 4 is 21.7 Å². The van der Waals surface area contributed by atoms with Crippen LogP contribution in [0.3, 0.4) is 0 Å². The van der Waals surface area contributed by atoms with Gasteiger partial charge in [0.25, 0.3) is 0 Å². The van der Waals surface area contributed by atoms with E-state index in [-0.39, 0.29) is 5.82 Å². The Bertz CT molecular complexity index is 433. The Morgan fingerprint density at radius 1 is 1.55 bits per heavy atom. The largest absolute Gasteiger partial charge is 0.383 e. The SMILES string of the molecule is COCCNCC1CCCCN1c1ncc(Br)cc1F. The monoisotopic (exact) mass is 345 g/mol. The first-order valence-corrected chi connectivity index (χ1v) is 7.79. The van der Waals surface area contributed by atoms with E-state index in [1.165, 1.54) is 12.5 Å². The van der Waals surface area contributed by atoms with Crippen molar-refractivity contribution in [2.24, 2.45) is 0 Å². The number of rotatable bonds is 6. The molecule has 2 rings (SSSR count). The van der Waals surface area contributed by atoms with E-state index in [4.69, 9.17) is 4.74 Å². The van der Waals surface area contributed by atoms with Gasteiger partial charge < -0.3 is 15.0 Å². The van der Waals surface area contributed by atoms with E-state index >= 15 is 0 Å². The van der Waals surface area contributed by atoms with Crippen molar-refractivity contribution in [1.82, 2.24) is 10.3 Å². The van der Waals surface area contributed by atoms with E-state index in [0.717, 1.165) is 32.5 Å². The Labute approximate surface area is 127 Å². The molecule has 0 aromatic carbocycles. The van der Waals surface area contributed by atoms with E-state index in [1.807, 2.05) is 0 Å². The zero-order valence-electron chi connectivity index (χ0n) is 11.7. The molecule has 6 heteroatoms. The summed E-state index contributed by atoms with van der Waals surface area (Å²) >= 11 is 3.25. The Morgan fingerprint density at radius 2 is 2.40 bits per heavy atom. The molecule has 1 N–H and O–H groups in total. The second kappa shape index (κ2) is 7.90. The van der Waals surface area contributed by atoms with Crippen LogP contribution in [-0.2, 0) is 4.74 Å². The van der Waals surface area contributed by atoms with Gasteiger partial charge in [0.05, 0.1) is 6.61 Å². The first-order valence-electron chi connectivity index (χ1n) is 6.99. The molecule has 20 heavy (non-hydrogen) atoms. The van der Waals surface area contributed by atoms with Crippen molar-refractivity contribution < 1.29 is 9.13 Å². The van der Waals surface area contributed by atoms with Crippen LogP contribution in [0.5, 0.6) is 0 Å². The molecular formula is C14H21BrFN3O. The van der Waals surface area contributed by atoms with E-state index < -0.39 is 0 Å². The first kappa shape index (κ1) is 15.7. The molecule has 0 saturated carbocycles. The number of halogens is 2. The van der Waals surface area contributed by atoms with Gasteiger partial charge in [0.2, 0.25) is 0 Å². The van der Waals surface area contributed by atoms with E-state index in [1.54, 1.807) is 13.3 Å². The fourth-order valence-electron chi connectivity index (χ4n) is 2.55. The number of nitrogens with one attached hydrogen (secondary N) is 1. The maximum absolute atomic E-state index is 14.1. The highest BCUT2D eigenvalue weighted by Crippen LogP contribution is 2.26. The number of aromatic nitrogens is 1. The third-order valence-electron chi connectivity index (χ3n) is 3.55. The van der Waals surface area contributed by atoms with Crippen molar-refractivity contribution in [3.8, 4) is 0 Å². The molecule has 0 aliphatic carbocycles. The minimum Gasteiger partial charge on any atom is -0.383 e. The second-order valence-corrected chi connectivity index (χ2v) is 5.91. The van der Waals surface area contributed by atoms with Gasteiger partial charge in [-0.1, -0.05) is 0 Å². The summed E-state index contributed by atoms with van der Waals surface area (Å²) in [5.41, 5.74) is 0. The molecule has 1 unspecified atom stereocenters. The maximum Gasteiger partial charge on any atom is 0.166 e. The summed E-state index contributed by atoms with van der Waals surface area (Å²) in [4.78, 5) is 6.34. The Hall–Kier alpha value is -0.720. The first-order chi connectivity index (χ1) is 9.72. The lowest BCUT2D eigenvalue weighted by Gasteiger charge is -2.37. The smallest absolute Gasteiger partial charge is 0.166 e. The zero-order chi connectivity index (χ0) is 14.4.